The Morgan fingerprint density at radius 1 is 1.38 bits per heavy atom. The molecule has 0 aromatic heterocycles. The summed E-state index contributed by atoms with van der Waals surface area (Å²) in [6.07, 6.45) is 5.67. The van der Waals surface area contributed by atoms with Crippen LogP contribution in [0.2, 0.25) is 0 Å². The Morgan fingerprint density at radius 3 is 2.85 bits per heavy atom. The minimum Gasteiger partial charge on any atom is -0.330 e. The second-order valence-corrected chi connectivity index (χ2v) is 2.69. The number of hydrogen-bond acceptors (Lipinski definition) is 2. The number of carbonyl (C=O) groups excluding carboxylic acids is 1. The predicted octanol–water partition coefficient (Wildman–Crippen LogP) is 1.31. The predicted molar refractivity (Wildman–Crippen MR) is 53.9 cm³/mol. The zero-order valence-electron chi connectivity index (χ0n) is 7.36. The molecule has 0 aliphatic carbocycles. The summed E-state index contributed by atoms with van der Waals surface area (Å²) in [5.41, 5.74) is 7.66. The smallest absolute Gasteiger partial charge is 0.225 e. The average molecular weight is 174 g/mol. The third-order valence-electron chi connectivity index (χ3n) is 1.80. The van der Waals surface area contributed by atoms with Gasteiger partial charge in [-0.05, 0) is 30.2 Å². The molecule has 2 heteroatoms. The molecule has 0 spiro atoms. The largest absolute Gasteiger partial charge is 0.330 e. The summed E-state index contributed by atoms with van der Waals surface area (Å²) in [5.74, 6) is 0. The van der Waals surface area contributed by atoms with Crippen LogP contribution in [0.1, 0.15) is 11.1 Å². The Labute approximate surface area is 78.1 Å². The van der Waals surface area contributed by atoms with Gasteiger partial charge in [-0.3, -0.25) is 4.79 Å². The standard InChI is InChI=1S/C11H12NO/c12-8-7-11-5-2-1-4-10(11)6-3-9-13/h1-6H,7-8,12H2. The summed E-state index contributed by atoms with van der Waals surface area (Å²) in [6, 6.07) is 7.87. The van der Waals surface area contributed by atoms with Crippen LogP contribution in [0.4, 0.5) is 0 Å². The highest BCUT2D eigenvalue weighted by Crippen LogP contribution is 2.10. The molecule has 0 aliphatic rings. The maximum atomic E-state index is 10.0. The van der Waals surface area contributed by atoms with Gasteiger partial charge in [-0.15, -0.1) is 0 Å². The van der Waals surface area contributed by atoms with Gasteiger partial charge in [-0.25, -0.2) is 0 Å². The van der Waals surface area contributed by atoms with Crippen LogP contribution >= 0.6 is 0 Å². The van der Waals surface area contributed by atoms with Crippen molar-refractivity contribution in [3.8, 4) is 0 Å². The van der Waals surface area contributed by atoms with E-state index >= 15 is 0 Å². The molecule has 1 radical (unpaired) electrons. The molecule has 0 atom stereocenters. The van der Waals surface area contributed by atoms with Gasteiger partial charge < -0.3 is 5.73 Å². The average Bonchev–Trinajstić information content (AvgIpc) is 2.17. The summed E-state index contributed by atoms with van der Waals surface area (Å²) in [4.78, 5) is 10.0. The lowest BCUT2D eigenvalue weighted by Gasteiger charge is -2.02. The van der Waals surface area contributed by atoms with Crippen molar-refractivity contribution in [2.45, 2.75) is 6.42 Å². The van der Waals surface area contributed by atoms with E-state index in [0.717, 1.165) is 17.5 Å². The van der Waals surface area contributed by atoms with Gasteiger partial charge in [-0.2, -0.15) is 0 Å². The Bertz CT molecular complexity index is 305. The van der Waals surface area contributed by atoms with Crippen LogP contribution in [0.15, 0.2) is 30.3 Å². The van der Waals surface area contributed by atoms with Crippen molar-refractivity contribution in [2.24, 2.45) is 5.73 Å². The molecule has 0 amide bonds. The van der Waals surface area contributed by atoms with Crippen molar-refractivity contribution in [2.75, 3.05) is 6.54 Å². The van der Waals surface area contributed by atoms with E-state index in [1.54, 1.807) is 12.4 Å². The molecule has 0 heterocycles. The minimum absolute atomic E-state index is 0.621. The summed E-state index contributed by atoms with van der Waals surface area (Å²) in [5, 5.41) is 0. The van der Waals surface area contributed by atoms with Gasteiger partial charge >= 0.3 is 0 Å². The number of nitrogens with two attached hydrogens (primary N) is 1. The van der Waals surface area contributed by atoms with Crippen LogP contribution in [0.3, 0.4) is 0 Å². The fourth-order valence-corrected chi connectivity index (χ4v) is 1.20. The number of allylic oxidation sites excluding steroid dienone is 1. The molecule has 1 aromatic rings. The topological polar surface area (TPSA) is 43.1 Å². The Kier molecular flexibility index (Phi) is 3.93. The number of rotatable bonds is 4. The van der Waals surface area contributed by atoms with E-state index in [1.165, 1.54) is 6.08 Å². The second-order valence-electron chi connectivity index (χ2n) is 2.69. The molecule has 0 aliphatic heterocycles. The van der Waals surface area contributed by atoms with Crippen molar-refractivity contribution < 1.29 is 4.79 Å². The highest BCUT2D eigenvalue weighted by Gasteiger charge is 1.95. The zero-order chi connectivity index (χ0) is 9.52. The van der Waals surface area contributed by atoms with Gasteiger partial charge in [0.05, 0.1) is 0 Å². The first-order chi connectivity index (χ1) is 6.38. The normalized spacial score (nSPS) is 10.5. The molecule has 1 rings (SSSR count). The van der Waals surface area contributed by atoms with Crippen LogP contribution in [-0.4, -0.2) is 12.8 Å². The van der Waals surface area contributed by atoms with Crippen LogP contribution in [-0.2, 0) is 11.2 Å². The van der Waals surface area contributed by atoms with E-state index in [9.17, 15) is 4.79 Å². The monoisotopic (exact) mass is 174 g/mol. The SMILES string of the molecule is NCCc1ccccc1C=C[C]=O. The van der Waals surface area contributed by atoms with Crippen molar-refractivity contribution >= 4 is 12.4 Å². The number of benzene rings is 1. The molecule has 0 bridgehead atoms. The molecular weight excluding hydrogens is 162 g/mol. The molecule has 2 nitrogen and oxygen atoms in total. The summed E-state index contributed by atoms with van der Waals surface area (Å²) >= 11 is 0. The lowest BCUT2D eigenvalue weighted by Crippen LogP contribution is -2.03. The maximum absolute atomic E-state index is 10.0. The molecule has 0 saturated carbocycles. The quantitative estimate of drug-likeness (QED) is 0.699. The molecular formula is C11H12NO. The fourth-order valence-electron chi connectivity index (χ4n) is 1.20. The van der Waals surface area contributed by atoms with E-state index in [-0.39, 0.29) is 0 Å². The highest BCUT2D eigenvalue weighted by atomic mass is 16.1. The Hall–Kier alpha value is -1.41. The lowest BCUT2D eigenvalue weighted by atomic mass is 10.0. The van der Waals surface area contributed by atoms with Crippen LogP contribution < -0.4 is 5.73 Å². The van der Waals surface area contributed by atoms with Gasteiger partial charge in [0.25, 0.3) is 0 Å². The lowest BCUT2D eigenvalue weighted by molar-refractivity contribution is 0.564. The van der Waals surface area contributed by atoms with E-state index in [1.807, 2.05) is 24.3 Å². The second kappa shape index (κ2) is 5.27. The first kappa shape index (κ1) is 9.68. The van der Waals surface area contributed by atoms with Gasteiger partial charge in [0.1, 0.15) is 0 Å². The molecule has 2 N–H and O–H groups in total. The van der Waals surface area contributed by atoms with Crippen LogP contribution in [0.5, 0.6) is 0 Å². The molecule has 67 valence electrons. The van der Waals surface area contributed by atoms with Crippen molar-refractivity contribution in [3.63, 3.8) is 0 Å². The van der Waals surface area contributed by atoms with E-state index < -0.39 is 0 Å². The van der Waals surface area contributed by atoms with E-state index in [4.69, 9.17) is 5.73 Å². The van der Waals surface area contributed by atoms with Gasteiger partial charge in [0.15, 0.2) is 0 Å². The van der Waals surface area contributed by atoms with E-state index in [0.29, 0.717) is 6.54 Å². The molecule has 13 heavy (non-hydrogen) atoms. The highest BCUT2D eigenvalue weighted by molar-refractivity contribution is 5.75. The molecule has 0 unspecified atom stereocenters. The first-order valence-electron chi connectivity index (χ1n) is 4.20. The maximum Gasteiger partial charge on any atom is 0.225 e. The van der Waals surface area contributed by atoms with Crippen LogP contribution in [0, 0.1) is 0 Å². The van der Waals surface area contributed by atoms with Crippen LogP contribution in [0.25, 0.3) is 6.08 Å². The third kappa shape index (κ3) is 2.84. The summed E-state index contributed by atoms with van der Waals surface area (Å²) < 4.78 is 0. The molecule has 0 fully saturated rings. The van der Waals surface area contributed by atoms with E-state index in [2.05, 4.69) is 0 Å². The van der Waals surface area contributed by atoms with Crippen molar-refractivity contribution in [3.05, 3.63) is 41.5 Å². The molecule has 1 aromatic carbocycles. The summed E-state index contributed by atoms with van der Waals surface area (Å²) in [6.45, 7) is 0.621. The zero-order valence-corrected chi connectivity index (χ0v) is 7.36. The first-order valence-corrected chi connectivity index (χ1v) is 4.20. The Balaban J connectivity index is 2.90. The summed E-state index contributed by atoms with van der Waals surface area (Å²) in [7, 11) is 0. The third-order valence-corrected chi connectivity index (χ3v) is 1.80. The fraction of sp³-hybridized carbons (Fsp3) is 0.182. The Morgan fingerprint density at radius 2 is 2.15 bits per heavy atom. The number of hydrogen-bond donors (Lipinski definition) is 1. The van der Waals surface area contributed by atoms with Gasteiger partial charge in [0, 0.05) is 0 Å². The molecule has 0 saturated heterocycles. The van der Waals surface area contributed by atoms with Gasteiger partial charge in [0.2, 0.25) is 6.29 Å². The van der Waals surface area contributed by atoms with Crippen molar-refractivity contribution in [1.29, 1.82) is 0 Å². The van der Waals surface area contributed by atoms with Crippen molar-refractivity contribution in [1.82, 2.24) is 0 Å². The minimum atomic E-state index is 0.621. The van der Waals surface area contributed by atoms with Gasteiger partial charge in [-0.1, -0.05) is 30.3 Å².